The quantitative estimate of drug-likeness (QED) is 0.746. The van der Waals surface area contributed by atoms with E-state index in [0.29, 0.717) is 0 Å². The molecule has 1 heterocycles. The van der Waals surface area contributed by atoms with Crippen molar-refractivity contribution < 1.29 is 9.90 Å². The van der Waals surface area contributed by atoms with Gasteiger partial charge in [-0.25, -0.2) is 0 Å². The molecule has 13 heavy (non-hydrogen) atoms. The molecule has 0 aromatic carbocycles. The third-order valence-corrected chi connectivity index (χ3v) is 1.77. The Morgan fingerprint density at radius 2 is 2.00 bits per heavy atom. The van der Waals surface area contributed by atoms with Crippen LogP contribution in [0, 0.1) is 0 Å². The lowest BCUT2D eigenvalue weighted by Crippen LogP contribution is -2.27. The zero-order chi connectivity index (χ0) is 9.84. The first-order chi connectivity index (χ1) is 6.13. The second-order valence-corrected chi connectivity index (χ2v) is 2.98. The minimum Gasteiger partial charge on any atom is -0.480 e. The molecule has 0 aliphatic rings. The van der Waals surface area contributed by atoms with Crippen LogP contribution >= 0.6 is 0 Å². The molecule has 0 fully saturated rings. The number of pyridine rings is 1. The highest BCUT2D eigenvalue weighted by Crippen LogP contribution is 2.16. The van der Waals surface area contributed by atoms with Gasteiger partial charge in [0, 0.05) is 12.4 Å². The molecule has 70 valence electrons. The Morgan fingerprint density at radius 1 is 1.46 bits per heavy atom. The van der Waals surface area contributed by atoms with Gasteiger partial charge in [0.15, 0.2) is 0 Å². The summed E-state index contributed by atoms with van der Waals surface area (Å²) in [6, 6.07) is 2.82. The molecule has 4 nitrogen and oxygen atoms in total. The van der Waals surface area contributed by atoms with Gasteiger partial charge in [-0.05, 0) is 31.8 Å². The number of carboxylic acids is 1. The van der Waals surface area contributed by atoms with Gasteiger partial charge in [0.25, 0.3) is 0 Å². The number of likely N-dealkylation sites (N-methyl/N-ethyl adjacent to an activating group) is 1. The molecular weight excluding hydrogens is 168 g/mol. The van der Waals surface area contributed by atoms with E-state index >= 15 is 0 Å². The van der Waals surface area contributed by atoms with E-state index in [9.17, 15) is 4.79 Å². The maximum Gasteiger partial charge on any atom is 0.325 e. The Kier molecular flexibility index (Phi) is 2.97. The summed E-state index contributed by atoms with van der Waals surface area (Å²) in [4.78, 5) is 16.4. The van der Waals surface area contributed by atoms with Crippen molar-refractivity contribution >= 4 is 5.97 Å². The molecule has 0 amide bonds. The first-order valence-electron chi connectivity index (χ1n) is 3.92. The lowest BCUT2D eigenvalue weighted by molar-refractivity contribution is -0.142. The lowest BCUT2D eigenvalue weighted by Gasteiger charge is -2.19. The number of carboxylic acid groups (broad SMARTS) is 1. The first-order valence-corrected chi connectivity index (χ1v) is 3.92. The van der Waals surface area contributed by atoms with Gasteiger partial charge in [0.05, 0.1) is 0 Å². The third-order valence-electron chi connectivity index (χ3n) is 1.77. The topological polar surface area (TPSA) is 53.4 Å². The summed E-state index contributed by atoms with van der Waals surface area (Å²) in [6.07, 6.45) is 3.18. The van der Waals surface area contributed by atoms with E-state index in [2.05, 4.69) is 4.98 Å². The molecule has 1 aromatic heterocycles. The molecule has 1 N–H and O–H groups in total. The summed E-state index contributed by atoms with van der Waals surface area (Å²) in [5.74, 6) is -0.851. The van der Waals surface area contributed by atoms with Crippen LogP contribution in [0.5, 0.6) is 0 Å². The van der Waals surface area contributed by atoms with Crippen LogP contribution in [0.4, 0.5) is 0 Å². The number of nitrogens with zero attached hydrogens (tertiary/aromatic N) is 2. The predicted octanol–water partition coefficient (Wildman–Crippen LogP) is 0.769. The summed E-state index contributed by atoms with van der Waals surface area (Å²) in [5.41, 5.74) is 0.743. The highest BCUT2D eigenvalue weighted by atomic mass is 16.4. The maximum absolute atomic E-state index is 10.9. The molecule has 0 bridgehead atoms. The van der Waals surface area contributed by atoms with Gasteiger partial charge in [-0.15, -0.1) is 0 Å². The number of hydrogen-bond donors (Lipinski definition) is 1. The largest absolute Gasteiger partial charge is 0.480 e. The van der Waals surface area contributed by atoms with Crippen molar-refractivity contribution in [3.63, 3.8) is 0 Å². The lowest BCUT2D eigenvalue weighted by atomic mass is 10.1. The summed E-state index contributed by atoms with van der Waals surface area (Å²) in [5, 5.41) is 8.94. The van der Waals surface area contributed by atoms with Gasteiger partial charge >= 0.3 is 5.97 Å². The molecule has 0 unspecified atom stereocenters. The number of aromatic nitrogens is 1. The van der Waals surface area contributed by atoms with Crippen molar-refractivity contribution in [1.29, 1.82) is 0 Å². The Balaban J connectivity index is 2.96. The Bertz CT molecular complexity index is 285. The molecule has 4 heteroatoms. The van der Waals surface area contributed by atoms with E-state index in [0.717, 1.165) is 5.56 Å². The summed E-state index contributed by atoms with van der Waals surface area (Å²) < 4.78 is 0. The third kappa shape index (κ3) is 2.26. The maximum atomic E-state index is 10.9. The number of carbonyl (C=O) groups is 1. The van der Waals surface area contributed by atoms with Crippen LogP contribution in [0.3, 0.4) is 0 Å². The normalized spacial score (nSPS) is 12.8. The smallest absolute Gasteiger partial charge is 0.325 e. The summed E-state index contributed by atoms with van der Waals surface area (Å²) in [6.45, 7) is 0. The zero-order valence-electron chi connectivity index (χ0n) is 7.64. The fourth-order valence-electron chi connectivity index (χ4n) is 1.21. The van der Waals surface area contributed by atoms with E-state index in [1.54, 1.807) is 43.5 Å². The van der Waals surface area contributed by atoms with Crippen LogP contribution in [0.2, 0.25) is 0 Å². The molecule has 0 aliphatic carbocycles. The second-order valence-electron chi connectivity index (χ2n) is 2.98. The van der Waals surface area contributed by atoms with Crippen LogP contribution in [-0.4, -0.2) is 35.1 Å². The van der Waals surface area contributed by atoms with E-state index in [1.807, 2.05) is 0 Å². The van der Waals surface area contributed by atoms with E-state index in [1.165, 1.54) is 0 Å². The molecule has 1 aromatic rings. The van der Waals surface area contributed by atoms with E-state index in [-0.39, 0.29) is 0 Å². The highest BCUT2D eigenvalue weighted by molar-refractivity contribution is 5.75. The molecular formula is C9H12N2O2. The van der Waals surface area contributed by atoms with Crippen molar-refractivity contribution in [3.05, 3.63) is 30.1 Å². The van der Waals surface area contributed by atoms with Crippen molar-refractivity contribution in [3.8, 4) is 0 Å². The van der Waals surface area contributed by atoms with Crippen LogP contribution in [0.1, 0.15) is 11.6 Å². The number of aliphatic carboxylic acids is 1. The number of hydrogen-bond acceptors (Lipinski definition) is 3. The molecule has 1 atom stereocenters. The van der Waals surface area contributed by atoms with E-state index in [4.69, 9.17) is 5.11 Å². The van der Waals surface area contributed by atoms with Gasteiger partial charge in [0.1, 0.15) is 6.04 Å². The Morgan fingerprint density at radius 3 is 2.38 bits per heavy atom. The predicted molar refractivity (Wildman–Crippen MR) is 48.3 cm³/mol. The molecule has 0 aliphatic heterocycles. The van der Waals surface area contributed by atoms with Crippen LogP contribution in [0.15, 0.2) is 24.5 Å². The average Bonchev–Trinajstić information content (AvgIpc) is 2.04. The minimum atomic E-state index is -0.851. The summed E-state index contributed by atoms with van der Waals surface area (Å²) in [7, 11) is 3.47. The minimum absolute atomic E-state index is 0.594. The molecule has 0 spiro atoms. The molecule has 1 rings (SSSR count). The highest BCUT2D eigenvalue weighted by Gasteiger charge is 2.21. The molecule has 0 radical (unpaired) electrons. The van der Waals surface area contributed by atoms with Crippen molar-refractivity contribution in [2.45, 2.75) is 6.04 Å². The Hall–Kier alpha value is -1.42. The number of rotatable bonds is 3. The second kappa shape index (κ2) is 4.00. The van der Waals surface area contributed by atoms with Gasteiger partial charge in [-0.1, -0.05) is 0 Å². The van der Waals surface area contributed by atoms with Gasteiger partial charge in [-0.3, -0.25) is 14.7 Å². The molecule has 0 saturated carbocycles. The van der Waals surface area contributed by atoms with Gasteiger partial charge in [0.2, 0.25) is 0 Å². The van der Waals surface area contributed by atoms with Crippen LogP contribution in [-0.2, 0) is 4.79 Å². The monoisotopic (exact) mass is 180 g/mol. The zero-order valence-corrected chi connectivity index (χ0v) is 7.64. The van der Waals surface area contributed by atoms with Crippen molar-refractivity contribution in [2.75, 3.05) is 14.1 Å². The van der Waals surface area contributed by atoms with Crippen molar-refractivity contribution in [2.24, 2.45) is 0 Å². The van der Waals surface area contributed by atoms with Crippen LogP contribution in [0.25, 0.3) is 0 Å². The van der Waals surface area contributed by atoms with Crippen molar-refractivity contribution in [1.82, 2.24) is 9.88 Å². The standard InChI is InChI=1S/C9H12N2O2/c1-11(2)8(9(12)13)7-3-5-10-6-4-7/h3-6,8H,1-2H3,(H,12,13)/t8-/m1/s1. The van der Waals surface area contributed by atoms with Crippen LogP contribution < -0.4 is 0 Å². The summed E-state index contributed by atoms with van der Waals surface area (Å²) >= 11 is 0. The average molecular weight is 180 g/mol. The van der Waals surface area contributed by atoms with Gasteiger partial charge in [-0.2, -0.15) is 0 Å². The fraction of sp³-hybridized carbons (Fsp3) is 0.333. The van der Waals surface area contributed by atoms with Gasteiger partial charge < -0.3 is 5.11 Å². The Labute approximate surface area is 76.8 Å². The first kappa shape index (κ1) is 9.67. The SMILES string of the molecule is CN(C)[C@@H](C(=O)O)c1ccncc1. The molecule has 0 saturated heterocycles. The van der Waals surface area contributed by atoms with E-state index < -0.39 is 12.0 Å². The fourth-order valence-corrected chi connectivity index (χ4v) is 1.21.